The van der Waals surface area contributed by atoms with Crippen LogP contribution in [0.1, 0.15) is 54.6 Å². The summed E-state index contributed by atoms with van der Waals surface area (Å²) < 4.78 is 0. The highest BCUT2D eigenvalue weighted by Gasteiger charge is 2.47. The maximum atomic E-state index is 12.5. The van der Waals surface area contributed by atoms with Crippen LogP contribution < -0.4 is 0 Å². The van der Waals surface area contributed by atoms with Gasteiger partial charge in [0.1, 0.15) is 0 Å². The van der Waals surface area contributed by atoms with Gasteiger partial charge in [-0.1, -0.05) is 26.0 Å². The molecule has 1 aromatic rings. The van der Waals surface area contributed by atoms with Crippen LogP contribution in [0.25, 0.3) is 0 Å². The monoisotopic (exact) mass is 242 g/mol. The van der Waals surface area contributed by atoms with E-state index >= 15 is 0 Å². The van der Waals surface area contributed by atoms with Crippen LogP contribution in [-0.2, 0) is 12.8 Å². The van der Waals surface area contributed by atoms with Gasteiger partial charge in [-0.3, -0.25) is 4.79 Å². The van der Waals surface area contributed by atoms with E-state index in [1.807, 2.05) is 6.07 Å². The Hall–Kier alpha value is -1.11. The highest BCUT2D eigenvalue weighted by Crippen LogP contribution is 2.54. The van der Waals surface area contributed by atoms with Crippen molar-refractivity contribution in [3.63, 3.8) is 0 Å². The number of rotatable bonds is 4. The highest BCUT2D eigenvalue weighted by molar-refractivity contribution is 5.98. The molecule has 2 fully saturated rings. The lowest BCUT2D eigenvalue weighted by atomic mass is 9.90. The molecule has 18 heavy (non-hydrogen) atoms. The molecule has 0 spiro atoms. The van der Waals surface area contributed by atoms with E-state index in [2.05, 4.69) is 26.0 Å². The van der Waals surface area contributed by atoms with Crippen LogP contribution in [-0.4, -0.2) is 5.78 Å². The Morgan fingerprint density at radius 1 is 1.06 bits per heavy atom. The van der Waals surface area contributed by atoms with Gasteiger partial charge in [0.25, 0.3) is 0 Å². The van der Waals surface area contributed by atoms with Crippen molar-refractivity contribution in [1.29, 1.82) is 0 Å². The Bertz CT molecular complexity index is 464. The van der Waals surface area contributed by atoms with E-state index < -0.39 is 0 Å². The molecular weight excluding hydrogens is 220 g/mol. The molecular formula is C17H22O. The average Bonchev–Trinajstić information content (AvgIpc) is 3.03. The topological polar surface area (TPSA) is 17.1 Å². The molecule has 0 aromatic heterocycles. The Morgan fingerprint density at radius 3 is 2.33 bits per heavy atom. The van der Waals surface area contributed by atoms with Crippen molar-refractivity contribution < 1.29 is 4.79 Å². The first-order chi connectivity index (χ1) is 8.72. The van der Waals surface area contributed by atoms with E-state index in [-0.39, 0.29) is 0 Å². The summed E-state index contributed by atoms with van der Waals surface area (Å²) >= 11 is 0. The van der Waals surface area contributed by atoms with E-state index in [1.165, 1.54) is 17.5 Å². The maximum absolute atomic E-state index is 12.5. The molecule has 1 aromatic carbocycles. The van der Waals surface area contributed by atoms with Gasteiger partial charge in [-0.2, -0.15) is 0 Å². The van der Waals surface area contributed by atoms with Crippen molar-refractivity contribution >= 4 is 5.78 Å². The van der Waals surface area contributed by atoms with Gasteiger partial charge in [-0.25, -0.2) is 0 Å². The Balaban J connectivity index is 1.80. The fourth-order valence-electron chi connectivity index (χ4n) is 3.62. The third-order valence-corrected chi connectivity index (χ3v) is 4.87. The molecule has 0 saturated heterocycles. The summed E-state index contributed by atoms with van der Waals surface area (Å²) in [5.41, 5.74) is 3.70. The standard InChI is InChI=1S/C17H22O/c1-3-11-5-6-13(7-12(11)4-2)17(18)16-9-14-8-15(14)10-16/h5-7,14-16H,3-4,8-10H2,1-2H3. The van der Waals surface area contributed by atoms with Gasteiger partial charge in [0.15, 0.2) is 5.78 Å². The zero-order valence-corrected chi connectivity index (χ0v) is 11.4. The summed E-state index contributed by atoms with van der Waals surface area (Å²) in [7, 11) is 0. The van der Waals surface area contributed by atoms with Gasteiger partial charge in [-0.05, 0) is 61.1 Å². The predicted octanol–water partition coefficient (Wildman–Crippen LogP) is 4.04. The molecule has 2 aliphatic rings. The second kappa shape index (κ2) is 4.53. The molecule has 0 aliphatic heterocycles. The van der Waals surface area contributed by atoms with Gasteiger partial charge in [-0.15, -0.1) is 0 Å². The van der Waals surface area contributed by atoms with Crippen molar-refractivity contribution in [2.24, 2.45) is 17.8 Å². The Labute approximate surface area is 110 Å². The molecule has 2 saturated carbocycles. The molecule has 0 radical (unpaired) electrons. The van der Waals surface area contributed by atoms with Crippen LogP contribution in [0.3, 0.4) is 0 Å². The molecule has 96 valence electrons. The predicted molar refractivity (Wildman–Crippen MR) is 73.8 cm³/mol. The number of carbonyl (C=O) groups excluding carboxylic acids is 1. The molecule has 2 atom stereocenters. The first-order valence-corrected chi connectivity index (χ1v) is 7.38. The van der Waals surface area contributed by atoms with E-state index in [0.29, 0.717) is 11.7 Å². The lowest BCUT2D eigenvalue weighted by Crippen LogP contribution is -2.13. The molecule has 1 nitrogen and oxygen atoms in total. The Kier molecular flexibility index (Phi) is 3.01. The maximum Gasteiger partial charge on any atom is 0.165 e. The zero-order chi connectivity index (χ0) is 12.7. The van der Waals surface area contributed by atoms with Crippen molar-refractivity contribution in [3.05, 3.63) is 34.9 Å². The average molecular weight is 242 g/mol. The quantitative estimate of drug-likeness (QED) is 0.728. The Morgan fingerprint density at radius 2 is 1.72 bits per heavy atom. The summed E-state index contributed by atoms with van der Waals surface area (Å²) in [6.07, 6.45) is 5.78. The second-order valence-corrected chi connectivity index (χ2v) is 5.98. The largest absolute Gasteiger partial charge is 0.294 e. The molecule has 0 heterocycles. The molecule has 0 N–H and O–H groups in total. The van der Waals surface area contributed by atoms with E-state index in [4.69, 9.17) is 0 Å². The van der Waals surface area contributed by atoms with Crippen molar-refractivity contribution in [3.8, 4) is 0 Å². The molecule has 0 amide bonds. The number of Topliss-reactive ketones (excluding diaryl/α,β-unsaturated/α-hetero) is 1. The van der Waals surface area contributed by atoms with E-state index in [1.54, 1.807) is 0 Å². The van der Waals surface area contributed by atoms with Crippen LogP contribution in [0.2, 0.25) is 0 Å². The van der Waals surface area contributed by atoms with Gasteiger partial charge in [0.05, 0.1) is 0 Å². The number of fused-ring (bicyclic) bond motifs is 1. The van der Waals surface area contributed by atoms with Crippen molar-refractivity contribution in [1.82, 2.24) is 0 Å². The van der Waals surface area contributed by atoms with Crippen molar-refractivity contribution in [2.75, 3.05) is 0 Å². The summed E-state index contributed by atoms with van der Waals surface area (Å²) in [6, 6.07) is 6.34. The lowest BCUT2D eigenvalue weighted by molar-refractivity contribution is 0.0914. The summed E-state index contributed by atoms with van der Waals surface area (Å²) in [6.45, 7) is 4.36. The van der Waals surface area contributed by atoms with Crippen LogP contribution in [0.4, 0.5) is 0 Å². The van der Waals surface area contributed by atoms with Crippen LogP contribution in [0, 0.1) is 17.8 Å². The third-order valence-electron chi connectivity index (χ3n) is 4.87. The number of ketones is 1. The van der Waals surface area contributed by atoms with Gasteiger partial charge in [0.2, 0.25) is 0 Å². The minimum Gasteiger partial charge on any atom is -0.294 e. The van der Waals surface area contributed by atoms with E-state index in [9.17, 15) is 4.79 Å². The number of hydrogen-bond donors (Lipinski definition) is 0. The summed E-state index contributed by atoms with van der Waals surface area (Å²) in [5.74, 6) is 2.50. The first-order valence-electron chi connectivity index (χ1n) is 7.38. The molecule has 1 heteroatoms. The van der Waals surface area contributed by atoms with Crippen LogP contribution >= 0.6 is 0 Å². The van der Waals surface area contributed by atoms with E-state index in [0.717, 1.165) is 43.1 Å². The highest BCUT2D eigenvalue weighted by atomic mass is 16.1. The third kappa shape index (κ3) is 2.00. The van der Waals surface area contributed by atoms with Crippen LogP contribution in [0.5, 0.6) is 0 Å². The fraction of sp³-hybridized carbons (Fsp3) is 0.588. The number of hydrogen-bond acceptors (Lipinski definition) is 1. The molecule has 2 aliphatic carbocycles. The normalized spacial score (nSPS) is 29.1. The molecule has 3 rings (SSSR count). The smallest absolute Gasteiger partial charge is 0.165 e. The second-order valence-electron chi connectivity index (χ2n) is 5.98. The minimum atomic E-state index is 0.325. The number of carbonyl (C=O) groups is 1. The molecule has 2 unspecified atom stereocenters. The fourth-order valence-corrected chi connectivity index (χ4v) is 3.62. The summed E-state index contributed by atoms with van der Waals surface area (Å²) in [4.78, 5) is 12.5. The van der Waals surface area contributed by atoms with Gasteiger partial charge in [0, 0.05) is 11.5 Å². The number of aryl methyl sites for hydroxylation is 2. The number of benzene rings is 1. The molecule has 0 bridgehead atoms. The van der Waals surface area contributed by atoms with Crippen LogP contribution in [0.15, 0.2) is 18.2 Å². The lowest BCUT2D eigenvalue weighted by Gasteiger charge is -2.13. The van der Waals surface area contributed by atoms with Crippen molar-refractivity contribution in [2.45, 2.75) is 46.0 Å². The minimum absolute atomic E-state index is 0.325. The SMILES string of the molecule is CCc1ccc(C(=O)C2CC3CC3C2)cc1CC. The zero-order valence-electron chi connectivity index (χ0n) is 11.4. The van der Waals surface area contributed by atoms with Gasteiger partial charge < -0.3 is 0 Å². The van der Waals surface area contributed by atoms with Gasteiger partial charge >= 0.3 is 0 Å². The summed E-state index contributed by atoms with van der Waals surface area (Å²) in [5, 5.41) is 0. The first kappa shape index (κ1) is 12.0.